The molecule has 3 rings (SSSR count). The third kappa shape index (κ3) is 5.09. The molecule has 0 fully saturated rings. The van der Waals surface area contributed by atoms with E-state index >= 15 is 0 Å². The lowest BCUT2D eigenvalue weighted by Gasteiger charge is -2.09. The highest BCUT2D eigenvalue weighted by Crippen LogP contribution is 2.16. The standard InChI is InChI=1S/C24H25/c1-3-11-21(12-4-1)15-9-19-23-17-7-8-18-24(23)20-10-16-22-13-5-2-6-14-22/h1-8,11-14,17H,9-10,15-16,19-20H2. The number of hydrogen-bond donors (Lipinski definition) is 0. The first-order valence-corrected chi connectivity index (χ1v) is 8.98. The summed E-state index contributed by atoms with van der Waals surface area (Å²) < 4.78 is 0. The second kappa shape index (κ2) is 9.08. The molecule has 0 N–H and O–H groups in total. The SMILES string of the molecule is [c]1cccc(CCCc2ccccc2)c1CCCc1ccccc1. The van der Waals surface area contributed by atoms with Gasteiger partial charge >= 0.3 is 0 Å². The van der Waals surface area contributed by atoms with E-state index in [0.717, 1.165) is 25.7 Å². The van der Waals surface area contributed by atoms with Gasteiger partial charge in [0.05, 0.1) is 0 Å². The van der Waals surface area contributed by atoms with E-state index in [4.69, 9.17) is 0 Å². The molecule has 0 nitrogen and oxygen atoms in total. The average molecular weight is 313 g/mol. The lowest BCUT2D eigenvalue weighted by Crippen LogP contribution is -1.98. The van der Waals surface area contributed by atoms with Gasteiger partial charge in [-0.25, -0.2) is 0 Å². The zero-order valence-corrected chi connectivity index (χ0v) is 14.2. The van der Waals surface area contributed by atoms with Gasteiger partial charge in [-0.05, 0) is 66.8 Å². The summed E-state index contributed by atoms with van der Waals surface area (Å²) in [4.78, 5) is 0. The van der Waals surface area contributed by atoms with Gasteiger partial charge in [-0.2, -0.15) is 0 Å². The van der Waals surface area contributed by atoms with Crippen molar-refractivity contribution in [3.63, 3.8) is 0 Å². The van der Waals surface area contributed by atoms with Crippen molar-refractivity contribution in [1.29, 1.82) is 0 Å². The van der Waals surface area contributed by atoms with E-state index in [1.807, 2.05) is 0 Å². The molecule has 0 aliphatic carbocycles. The fourth-order valence-corrected chi connectivity index (χ4v) is 3.21. The highest BCUT2D eigenvalue weighted by molar-refractivity contribution is 5.27. The van der Waals surface area contributed by atoms with Crippen LogP contribution >= 0.6 is 0 Å². The highest BCUT2D eigenvalue weighted by Gasteiger charge is 2.03. The van der Waals surface area contributed by atoms with Crippen LogP contribution in [-0.4, -0.2) is 0 Å². The lowest BCUT2D eigenvalue weighted by molar-refractivity contribution is 0.779. The van der Waals surface area contributed by atoms with Crippen molar-refractivity contribution >= 4 is 0 Å². The lowest BCUT2D eigenvalue weighted by atomic mass is 9.96. The second-order valence-corrected chi connectivity index (χ2v) is 6.35. The molecule has 1 radical (unpaired) electrons. The minimum absolute atomic E-state index is 1.12. The number of aryl methyl sites for hydroxylation is 4. The van der Waals surface area contributed by atoms with Crippen LogP contribution < -0.4 is 0 Å². The Hall–Kier alpha value is -2.34. The van der Waals surface area contributed by atoms with Crippen LogP contribution in [0.5, 0.6) is 0 Å². The summed E-state index contributed by atoms with van der Waals surface area (Å²) in [5.41, 5.74) is 5.74. The maximum atomic E-state index is 3.47. The van der Waals surface area contributed by atoms with Gasteiger partial charge in [0.1, 0.15) is 0 Å². The molecule has 0 atom stereocenters. The zero-order chi connectivity index (χ0) is 16.5. The van der Waals surface area contributed by atoms with Gasteiger partial charge < -0.3 is 0 Å². The quantitative estimate of drug-likeness (QED) is 0.490. The van der Waals surface area contributed by atoms with Crippen molar-refractivity contribution in [3.05, 3.63) is 107 Å². The summed E-state index contributed by atoms with van der Waals surface area (Å²) in [6, 6.07) is 31.5. The van der Waals surface area contributed by atoms with Gasteiger partial charge in [0, 0.05) is 0 Å². The molecule has 3 aromatic carbocycles. The predicted molar refractivity (Wildman–Crippen MR) is 102 cm³/mol. The highest BCUT2D eigenvalue weighted by atomic mass is 14.1. The van der Waals surface area contributed by atoms with E-state index in [0.29, 0.717) is 0 Å². The van der Waals surface area contributed by atoms with Crippen LogP contribution in [0.15, 0.2) is 78.9 Å². The first-order chi connectivity index (χ1) is 11.9. The Balaban J connectivity index is 1.51. The molecule has 24 heavy (non-hydrogen) atoms. The predicted octanol–water partition coefficient (Wildman–Crippen LogP) is 5.84. The van der Waals surface area contributed by atoms with Crippen LogP contribution in [0.2, 0.25) is 0 Å². The molecule has 0 saturated heterocycles. The molecule has 0 amide bonds. The minimum atomic E-state index is 1.12. The largest absolute Gasteiger partial charge is 0.0622 e. The maximum absolute atomic E-state index is 3.47. The maximum Gasteiger partial charge on any atom is -0.0146 e. The van der Waals surface area contributed by atoms with Crippen molar-refractivity contribution < 1.29 is 0 Å². The fraction of sp³-hybridized carbons (Fsp3) is 0.250. The monoisotopic (exact) mass is 313 g/mol. The van der Waals surface area contributed by atoms with E-state index < -0.39 is 0 Å². The summed E-state index contributed by atoms with van der Waals surface area (Å²) in [5.74, 6) is 0. The summed E-state index contributed by atoms with van der Waals surface area (Å²) in [6.45, 7) is 0. The molecule has 0 aromatic heterocycles. The van der Waals surface area contributed by atoms with Crippen LogP contribution in [0.1, 0.15) is 35.1 Å². The van der Waals surface area contributed by atoms with Gasteiger partial charge in [-0.15, -0.1) is 0 Å². The average Bonchev–Trinajstić information content (AvgIpc) is 2.65. The van der Waals surface area contributed by atoms with Crippen LogP contribution in [0, 0.1) is 6.07 Å². The third-order valence-electron chi connectivity index (χ3n) is 4.53. The van der Waals surface area contributed by atoms with Crippen molar-refractivity contribution in [2.75, 3.05) is 0 Å². The van der Waals surface area contributed by atoms with E-state index in [9.17, 15) is 0 Å². The van der Waals surface area contributed by atoms with Gasteiger partial charge in [0.25, 0.3) is 0 Å². The topological polar surface area (TPSA) is 0 Å². The summed E-state index contributed by atoms with van der Waals surface area (Å²) in [5, 5.41) is 0. The molecule has 0 unspecified atom stereocenters. The van der Waals surface area contributed by atoms with Gasteiger partial charge in [0.2, 0.25) is 0 Å². The molecule has 3 aromatic rings. The third-order valence-corrected chi connectivity index (χ3v) is 4.53. The molecule has 0 aliphatic rings. The Kier molecular flexibility index (Phi) is 6.25. The molecule has 121 valence electrons. The second-order valence-electron chi connectivity index (χ2n) is 6.35. The van der Waals surface area contributed by atoms with E-state index in [1.165, 1.54) is 35.1 Å². The zero-order valence-electron chi connectivity index (χ0n) is 14.2. The van der Waals surface area contributed by atoms with Crippen LogP contribution in [0.3, 0.4) is 0 Å². The summed E-state index contributed by atoms with van der Waals surface area (Å²) >= 11 is 0. The molecule has 0 heterocycles. The molecule has 0 aliphatic heterocycles. The first-order valence-electron chi connectivity index (χ1n) is 8.98. The van der Waals surface area contributed by atoms with E-state index in [2.05, 4.69) is 84.9 Å². The van der Waals surface area contributed by atoms with Crippen molar-refractivity contribution in [2.45, 2.75) is 38.5 Å². The van der Waals surface area contributed by atoms with Crippen LogP contribution in [0.4, 0.5) is 0 Å². The Labute approximate surface area is 146 Å². The van der Waals surface area contributed by atoms with E-state index in [-0.39, 0.29) is 0 Å². The smallest absolute Gasteiger partial charge is 0.0146 e. The fourth-order valence-electron chi connectivity index (χ4n) is 3.21. The first kappa shape index (κ1) is 16.5. The van der Waals surface area contributed by atoms with E-state index in [1.54, 1.807) is 0 Å². The molecular formula is C24H25. The minimum Gasteiger partial charge on any atom is -0.0622 e. The molecule has 0 saturated carbocycles. The van der Waals surface area contributed by atoms with Crippen molar-refractivity contribution in [2.24, 2.45) is 0 Å². The number of hydrogen-bond acceptors (Lipinski definition) is 0. The Morgan fingerprint density at radius 1 is 0.542 bits per heavy atom. The van der Waals surface area contributed by atoms with Crippen molar-refractivity contribution in [3.8, 4) is 0 Å². The Morgan fingerprint density at radius 3 is 1.75 bits per heavy atom. The van der Waals surface area contributed by atoms with Crippen LogP contribution in [0.25, 0.3) is 0 Å². The molecular weight excluding hydrogens is 288 g/mol. The van der Waals surface area contributed by atoms with Crippen molar-refractivity contribution in [1.82, 2.24) is 0 Å². The Morgan fingerprint density at radius 2 is 1.12 bits per heavy atom. The molecule has 0 spiro atoms. The van der Waals surface area contributed by atoms with Gasteiger partial charge in [0.15, 0.2) is 0 Å². The van der Waals surface area contributed by atoms with Gasteiger partial charge in [-0.1, -0.05) is 78.9 Å². The summed E-state index contributed by atoms with van der Waals surface area (Å²) in [7, 11) is 0. The number of rotatable bonds is 8. The summed E-state index contributed by atoms with van der Waals surface area (Å²) in [6.07, 6.45) is 6.96. The molecule has 0 bridgehead atoms. The van der Waals surface area contributed by atoms with Crippen LogP contribution in [-0.2, 0) is 25.7 Å². The van der Waals surface area contributed by atoms with Gasteiger partial charge in [-0.3, -0.25) is 0 Å². The number of benzene rings is 3. The molecule has 0 heteroatoms. The Bertz CT molecular complexity index is 649. The normalized spacial score (nSPS) is 10.7.